The van der Waals surface area contributed by atoms with E-state index in [-0.39, 0.29) is 12.2 Å². The Morgan fingerprint density at radius 1 is 1.29 bits per heavy atom. The Hall–Kier alpha value is -3.59. The molecule has 0 bridgehead atoms. The summed E-state index contributed by atoms with van der Waals surface area (Å²) in [6.45, 7) is 9.25. The van der Waals surface area contributed by atoms with Crippen molar-refractivity contribution in [2.45, 2.75) is 47.3 Å². The molecular weight excluding hydrogens is 390 g/mol. The molecule has 31 heavy (non-hydrogen) atoms. The van der Waals surface area contributed by atoms with E-state index in [0.29, 0.717) is 17.5 Å². The van der Waals surface area contributed by atoms with Gasteiger partial charge >= 0.3 is 5.97 Å². The molecule has 0 aliphatic carbocycles. The van der Waals surface area contributed by atoms with E-state index < -0.39 is 5.97 Å². The first-order chi connectivity index (χ1) is 14.9. The predicted octanol–water partition coefficient (Wildman–Crippen LogP) is 5.46. The van der Waals surface area contributed by atoms with Crippen LogP contribution in [0, 0.1) is 31.1 Å². The largest absolute Gasteiger partial charge is 0.455 e. The van der Waals surface area contributed by atoms with Gasteiger partial charge in [-0.05, 0) is 56.0 Å². The summed E-state index contributed by atoms with van der Waals surface area (Å²) in [6.07, 6.45) is 4.11. The van der Waals surface area contributed by atoms with Crippen molar-refractivity contribution >= 4 is 12.0 Å². The lowest BCUT2D eigenvalue weighted by Gasteiger charge is -2.11. The average Bonchev–Trinajstić information content (AvgIpc) is 3.34. The summed E-state index contributed by atoms with van der Waals surface area (Å²) in [6, 6.07) is 13.4. The Morgan fingerprint density at radius 2 is 2.03 bits per heavy atom. The van der Waals surface area contributed by atoms with Crippen molar-refractivity contribution in [2.24, 2.45) is 5.92 Å². The van der Waals surface area contributed by atoms with Crippen LogP contribution < -0.4 is 0 Å². The molecule has 0 saturated heterocycles. The Balaban J connectivity index is 1.68. The maximum absolute atomic E-state index is 12.5. The summed E-state index contributed by atoms with van der Waals surface area (Å²) in [7, 11) is 0. The minimum Gasteiger partial charge on any atom is -0.455 e. The van der Waals surface area contributed by atoms with Gasteiger partial charge < -0.3 is 13.7 Å². The highest BCUT2D eigenvalue weighted by molar-refractivity contribution is 5.98. The molecule has 0 amide bonds. The minimum atomic E-state index is -0.682. The molecule has 160 valence electrons. The van der Waals surface area contributed by atoms with Crippen LogP contribution in [0.4, 0.5) is 0 Å². The van der Waals surface area contributed by atoms with Gasteiger partial charge in [0.05, 0.1) is 0 Å². The SMILES string of the molecule is Cc1cc(C=C(C#N)C(=O)OCc2coc(-c3ccccc3)n2)c(C)n1CCC(C)C. The number of aryl methyl sites for hydroxylation is 1. The zero-order valence-corrected chi connectivity index (χ0v) is 18.4. The predicted molar refractivity (Wildman–Crippen MR) is 119 cm³/mol. The molecule has 0 radical (unpaired) electrons. The average molecular weight is 418 g/mol. The molecule has 0 unspecified atom stereocenters. The standard InChI is InChI=1S/C25H27N3O3/c1-17(2)10-11-28-18(3)12-21(19(28)4)13-22(14-26)25(29)31-16-23-15-30-24(27-23)20-8-6-5-7-9-20/h5-9,12-13,15,17H,10-11,16H2,1-4H3. The number of hydrogen-bond donors (Lipinski definition) is 0. The van der Waals surface area contributed by atoms with Gasteiger partial charge in [0.2, 0.25) is 5.89 Å². The van der Waals surface area contributed by atoms with Gasteiger partial charge in [0.25, 0.3) is 0 Å². The molecule has 1 aromatic carbocycles. The molecule has 6 heteroatoms. The summed E-state index contributed by atoms with van der Waals surface area (Å²) < 4.78 is 13.0. The van der Waals surface area contributed by atoms with Gasteiger partial charge in [0.15, 0.2) is 0 Å². The van der Waals surface area contributed by atoms with Gasteiger partial charge in [0, 0.05) is 23.5 Å². The third-order valence-corrected chi connectivity index (χ3v) is 5.11. The highest BCUT2D eigenvalue weighted by Gasteiger charge is 2.15. The van der Waals surface area contributed by atoms with Gasteiger partial charge in [-0.1, -0.05) is 32.0 Å². The molecule has 0 aliphatic rings. The second-order valence-electron chi connectivity index (χ2n) is 7.92. The highest BCUT2D eigenvalue weighted by atomic mass is 16.5. The quantitative estimate of drug-likeness (QED) is 0.276. The summed E-state index contributed by atoms with van der Waals surface area (Å²) in [5.74, 6) is 0.374. The molecule has 0 spiro atoms. The normalized spacial score (nSPS) is 11.5. The second kappa shape index (κ2) is 9.94. The topological polar surface area (TPSA) is 81.1 Å². The van der Waals surface area contributed by atoms with Crippen molar-refractivity contribution in [3.05, 3.63) is 70.9 Å². The highest BCUT2D eigenvalue weighted by Crippen LogP contribution is 2.21. The van der Waals surface area contributed by atoms with E-state index >= 15 is 0 Å². The number of benzene rings is 1. The first-order valence-electron chi connectivity index (χ1n) is 10.3. The van der Waals surface area contributed by atoms with E-state index in [1.165, 1.54) is 6.26 Å². The third kappa shape index (κ3) is 5.52. The first-order valence-corrected chi connectivity index (χ1v) is 10.3. The van der Waals surface area contributed by atoms with E-state index in [2.05, 4.69) is 23.4 Å². The van der Waals surface area contributed by atoms with Crippen molar-refractivity contribution in [2.75, 3.05) is 0 Å². The number of carbonyl (C=O) groups excluding carboxylic acids is 1. The Morgan fingerprint density at radius 3 is 2.71 bits per heavy atom. The monoisotopic (exact) mass is 417 g/mol. The van der Waals surface area contributed by atoms with Crippen LogP contribution in [0.2, 0.25) is 0 Å². The lowest BCUT2D eigenvalue weighted by molar-refractivity contribution is -0.139. The van der Waals surface area contributed by atoms with Gasteiger partial charge in [-0.2, -0.15) is 5.26 Å². The summed E-state index contributed by atoms with van der Waals surface area (Å²) >= 11 is 0. The molecule has 2 heterocycles. The molecule has 0 aliphatic heterocycles. The van der Waals surface area contributed by atoms with Crippen LogP contribution in [0.5, 0.6) is 0 Å². The van der Waals surface area contributed by atoms with Crippen LogP contribution in [-0.4, -0.2) is 15.5 Å². The van der Waals surface area contributed by atoms with E-state index in [1.807, 2.05) is 56.3 Å². The summed E-state index contributed by atoms with van der Waals surface area (Å²) in [5, 5.41) is 9.49. The molecule has 0 fully saturated rings. The number of esters is 1. The molecule has 0 N–H and O–H groups in total. The lowest BCUT2D eigenvalue weighted by atomic mass is 10.1. The maximum atomic E-state index is 12.5. The van der Waals surface area contributed by atoms with Crippen molar-refractivity contribution in [3.8, 4) is 17.5 Å². The number of oxazole rings is 1. The smallest absolute Gasteiger partial charge is 0.349 e. The van der Waals surface area contributed by atoms with Crippen molar-refractivity contribution in [3.63, 3.8) is 0 Å². The minimum absolute atomic E-state index is 0.0455. The van der Waals surface area contributed by atoms with E-state index in [1.54, 1.807) is 6.08 Å². The van der Waals surface area contributed by atoms with Crippen LogP contribution in [0.25, 0.3) is 17.5 Å². The van der Waals surface area contributed by atoms with Crippen LogP contribution >= 0.6 is 0 Å². The number of rotatable bonds is 8. The molecule has 0 saturated carbocycles. The van der Waals surface area contributed by atoms with Gasteiger partial charge in [-0.15, -0.1) is 0 Å². The summed E-state index contributed by atoms with van der Waals surface area (Å²) in [5.41, 5.74) is 4.26. The van der Waals surface area contributed by atoms with Crippen molar-refractivity contribution in [1.82, 2.24) is 9.55 Å². The van der Waals surface area contributed by atoms with Crippen LogP contribution in [-0.2, 0) is 22.7 Å². The Kier molecular flexibility index (Phi) is 7.09. The third-order valence-electron chi connectivity index (χ3n) is 5.11. The van der Waals surface area contributed by atoms with Gasteiger partial charge in [0.1, 0.15) is 30.2 Å². The fourth-order valence-corrected chi connectivity index (χ4v) is 3.30. The number of ether oxygens (including phenoxy) is 1. The molecule has 0 atom stereocenters. The van der Waals surface area contributed by atoms with Crippen LogP contribution in [0.3, 0.4) is 0 Å². The lowest BCUT2D eigenvalue weighted by Crippen LogP contribution is -2.07. The van der Waals surface area contributed by atoms with E-state index in [4.69, 9.17) is 9.15 Å². The van der Waals surface area contributed by atoms with Crippen LogP contribution in [0.1, 0.15) is 42.9 Å². The van der Waals surface area contributed by atoms with Crippen LogP contribution in [0.15, 0.2) is 52.7 Å². The zero-order valence-electron chi connectivity index (χ0n) is 18.4. The van der Waals surface area contributed by atoms with Gasteiger partial charge in [-0.25, -0.2) is 9.78 Å². The number of hydrogen-bond acceptors (Lipinski definition) is 5. The van der Waals surface area contributed by atoms with Crippen molar-refractivity contribution in [1.29, 1.82) is 5.26 Å². The number of nitrogens with zero attached hydrogens (tertiary/aromatic N) is 3. The second-order valence-corrected chi connectivity index (χ2v) is 7.92. The first kappa shape index (κ1) is 22.1. The zero-order chi connectivity index (χ0) is 22.4. The molecule has 3 rings (SSSR count). The maximum Gasteiger partial charge on any atom is 0.349 e. The van der Waals surface area contributed by atoms with Gasteiger partial charge in [-0.3, -0.25) is 0 Å². The number of aromatic nitrogens is 2. The Labute approximate surface area is 182 Å². The van der Waals surface area contributed by atoms with E-state index in [9.17, 15) is 10.1 Å². The number of carbonyl (C=O) groups is 1. The van der Waals surface area contributed by atoms with Crippen molar-refractivity contribution < 1.29 is 13.9 Å². The number of nitriles is 1. The molecular formula is C25H27N3O3. The molecule has 2 aromatic heterocycles. The summed E-state index contributed by atoms with van der Waals surface area (Å²) in [4.78, 5) is 16.8. The van der Waals surface area contributed by atoms with E-state index in [0.717, 1.165) is 35.5 Å². The molecule has 6 nitrogen and oxygen atoms in total. The Bertz CT molecular complexity index is 1110. The molecule has 3 aromatic rings. The fourth-order valence-electron chi connectivity index (χ4n) is 3.30. The fraction of sp³-hybridized carbons (Fsp3) is 0.320.